The van der Waals surface area contributed by atoms with Gasteiger partial charge in [0.25, 0.3) is 5.56 Å². The van der Waals surface area contributed by atoms with Crippen molar-refractivity contribution < 1.29 is 14.0 Å². The van der Waals surface area contributed by atoms with Crippen molar-refractivity contribution in [1.29, 1.82) is 0 Å². The molecule has 0 bridgehead atoms. The molecule has 36 heavy (non-hydrogen) atoms. The summed E-state index contributed by atoms with van der Waals surface area (Å²) >= 11 is 0. The zero-order chi connectivity index (χ0) is 25.8. The fourth-order valence-corrected chi connectivity index (χ4v) is 4.32. The summed E-state index contributed by atoms with van der Waals surface area (Å²) in [6, 6.07) is 14.0. The summed E-state index contributed by atoms with van der Waals surface area (Å²) in [6.07, 6.45) is 1.43. The van der Waals surface area contributed by atoms with Crippen molar-refractivity contribution in [2.45, 2.75) is 46.8 Å². The molecule has 2 aromatic heterocycles. The Kier molecular flexibility index (Phi) is 7.19. The number of amides is 2. The molecule has 0 spiro atoms. The van der Waals surface area contributed by atoms with Gasteiger partial charge in [-0.2, -0.15) is 0 Å². The van der Waals surface area contributed by atoms with Gasteiger partial charge in [-0.15, -0.1) is 0 Å². The Labute approximate surface area is 207 Å². The number of aryl methyl sites for hydroxylation is 3. The fourth-order valence-electron chi connectivity index (χ4n) is 4.32. The number of anilines is 1. The smallest absolute Gasteiger partial charge is 0.331 e. The number of aromatic nitrogens is 2. The van der Waals surface area contributed by atoms with Gasteiger partial charge in [-0.05, 0) is 56.2 Å². The van der Waals surface area contributed by atoms with E-state index in [1.165, 1.54) is 10.8 Å². The molecule has 4 aromatic rings. The highest BCUT2D eigenvalue weighted by Crippen LogP contribution is 2.22. The summed E-state index contributed by atoms with van der Waals surface area (Å²) < 4.78 is 7.46. The molecular weight excluding hydrogens is 460 g/mol. The Morgan fingerprint density at radius 2 is 1.64 bits per heavy atom. The van der Waals surface area contributed by atoms with Gasteiger partial charge in [0.15, 0.2) is 0 Å². The Bertz CT molecular complexity index is 1520. The van der Waals surface area contributed by atoms with Crippen molar-refractivity contribution in [2.24, 2.45) is 0 Å². The topological polar surface area (TPSA) is 115 Å². The molecule has 9 heteroatoms. The van der Waals surface area contributed by atoms with Gasteiger partial charge in [0.05, 0.1) is 23.7 Å². The normalized spacial score (nSPS) is 11.0. The van der Waals surface area contributed by atoms with Crippen molar-refractivity contribution in [1.82, 2.24) is 14.5 Å². The van der Waals surface area contributed by atoms with Crippen LogP contribution in [-0.4, -0.2) is 20.9 Å². The van der Waals surface area contributed by atoms with Crippen LogP contribution in [0, 0.1) is 20.8 Å². The average Bonchev–Trinajstić information content (AvgIpc) is 3.36. The van der Waals surface area contributed by atoms with Gasteiger partial charge in [0, 0.05) is 18.7 Å². The van der Waals surface area contributed by atoms with Gasteiger partial charge in [0.2, 0.25) is 11.8 Å². The van der Waals surface area contributed by atoms with Crippen molar-refractivity contribution in [2.75, 3.05) is 5.32 Å². The summed E-state index contributed by atoms with van der Waals surface area (Å²) in [7, 11) is 0. The number of nitrogens with one attached hydrogen (secondary N) is 2. The minimum Gasteiger partial charge on any atom is -0.467 e. The standard InChI is InChI=1S/C27H28N4O5/c1-17-13-18(2)25(19(3)14-17)29-24(33)16-31-22-9-5-4-8-21(22)26(34)30(27(31)35)11-10-23(32)28-15-20-7-6-12-36-20/h4-9,12-14H,10-11,15-16H2,1-3H3,(H,28,32)(H,29,33). The third kappa shape index (κ3) is 5.30. The van der Waals surface area contributed by atoms with Crippen molar-refractivity contribution in [3.8, 4) is 0 Å². The molecular formula is C27H28N4O5. The van der Waals surface area contributed by atoms with E-state index >= 15 is 0 Å². The highest BCUT2D eigenvalue weighted by Gasteiger charge is 2.17. The second kappa shape index (κ2) is 10.5. The lowest BCUT2D eigenvalue weighted by Crippen LogP contribution is -2.42. The molecule has 2 N–H and O–H groups in total. The Morgan fingerprint density at radius 1 is 0.917 bits per heavy atom. The molecule has 186 valence electrons. The fraction of sp³-hybridized carbons (Fsp3) is 0.259. The Balaban J connectivity index is 1.59. The first kappa shape index (κ1) is 24.7. The van der Waals surface area contributed by atoms with E-state index in [0.29, 0.717) is 22.4 Å². The van der Waals surface area contributed by atoms with E-state index in [1.54, 1.807) is 36.4 Å². The second-order valence-corrected chi connectivity index (χ2v) is 8.77. The first-order valence-corrected chi connectivity index (χ1v) is 11.6. The van der Waals surface area contributed by atoms with E-state index < -0.39 is 17.2 Å². The van der Waals surface area contributed by atoms with Crippen LogP contribution < -0.4 is 21.9 Å². The number of benzene rings is 2. The minimum absolute atomic E-state index is 0.0812. The van der Waals surface area contributed by atoms with Gasteiger partial charge in [0.1, 0.15) is 12.3 Å². The number of hydrogen-bond donors (Lipinski definition) is 2. The second-order valence-electron chi connectivity index (χ2n) is 8.77. The first-order chi connectivity index (χ1) is 17.2. The van der Waals surface area contributed by atoms with E-state index in [9.17, 15) is 19.2 Å². The van der Waals surface area contributed by atoms with E-state index in [1.807, 2.05) is 32.9 Å². The number of hydrogen-bond acceptors (Lipinski definition) is 5. The molecule has 0 saturated heterocycles. The van der Waals surface area contributed by atoms with E-state index in [2.05, 4.69) is 10.6 Å². The predicted octanol–water partition coefficient (Wildman–Crippen LogP) is 3.03. The average molecular weight is 489 g/mol. The van der Waals surface area contributed by atoms with Crippen LogP contribution in [0.25, 0.3) is 10.9 Å². The van der Waals surface area contributed by atoms with Crippen LogP contribution >= 0.6 is 0 Å². The van der Waals surface area contributed by atoms with Gasteiger partial charge in [-0.3, -0.25) is 23.5 Å². The quantitative estimate of drug-likeness (QED) is 0.396. The molecule has 0 fully saturated rings. The molecule has 0 aliphatic heterocycles. The number of furan rings is 1. The maximum absolute atomic E-state index is 13.3. The zero-order valence-corrected chi connectivity index (χ0v) is 20.5. The molecule has 2 amide bonds. The molecule has 2 aromatic carbocycles. The number of rotatable bonds is 8. The van der Waals surface area contributed by atoms with Crippen LogP contribution in [0.1, 0.15) is 28.9 Å². The number of nitrogens with zero attached hydrogens (tertiary/aromatic N) is 2. The Morgan fingerprint density at radius 3 is 2.33 bits per heavy atom. The summed E-state index contributed by atoms with van der Waals surface area (Å²) in [4.78, 5) is 51.7. The minimum atomic E-state index is -0.648. The largest absolute Gasteiger partial charge is 0.467 e. The molecule has 0 saturated carbocycles. The van der Waals surface area contributed by atoms with Crippen molar-refractivity contribution >= 4 is 28.4 Å². The zero-order valence-electron chi connectivity index (χ0n) is 20.5. The van der Waals surface area contributed by atoms with Crippen LogP contribution in [0.15, 0.2) is 68.8 Å². The van der Waals surface area contributed by atoms with Crippen LogP contribution in [0.4, 0.5) is 5.69 Å². The summed E-state index contributed by atoms with van der Waals surface area (Å²) in [6.45, 7) is 5.61. The van der Waals surface area contributed by atoms with Crippen LogP contribution in [0.5, 0.6) is 0 Å². The van der Waals surface area contributed by atoms with Gasteiger partial charge in [-0.1, -0.05) is 29.8 Å². The monoisotopic (exact) mass is 488 g/mol. The van der Waals surface area contributed by atoms with Crippen molar-refractivity contribution in [3.63, 3.8) is 0 Å². The Hall–Kier alpha value is -4.40. The lowest BCUT2D eigenvalue weighted by Gasteiger charge is -2.16. The number of fused-ring (bicyclic) bond motifs is 1. The maximum atomic E-state index is 13.3. The first-order valence-electron chi connectivity index (χ1n) is 11.6. The highest BCUT2D eigenvalue weighted by molar-refractivity contribution is 5.93. The van der Waals surface area contributed by atoms with Crippen LogP contribution in [-0.2, 0) is 29.2 Å². The van der Waals surface area contributed by atoms with E-state index in [0.717, 1.165) is 21.3 Å². The third-order valence-electron chi connectivity index (χ3n) is 5.98. The van der Waals surface area contributed by atoms with Crippen LogP contribution in [0.2, 0.25) is 0 Å². The van der Waals surface area contributed by atoms with E-state index in [4.69, 9.17) is 4.42 Å². The molecule has 0 radical (unpaired) electrons. The molecule has 0 aliphatic rings. The molecule has 9 nitrogen and oxygen atoms in total. The third-order valence-corrected chi connectivity index (χ3v) is 5.98. The SMILES string of the molecule is Cc1cc(C)c(NC(=O)Cn2c(=O)n(CCC(=O)NCc3ccco3)c(=O)c3ccccc32)c(C)c1. The van der Waals surface area contributed by atoms with Crippen molar-refractivity contribution in [3.05, 3.63) is 98.1 Å². The lowest BCUT2D eigenvalue weighted by molar-refractivity contribution is -0.121. The summed E-state index contributed by atoms with van der Waals surface area (Å²) in [5.74, 6) is -0.127. The van der Waals surface area contributed by atoms with Crippen LogP contribution in [0.3, 0.4) is 0 Å². The van der Waals surface area contributed by atoms with E-state index in [-0.39, 0.29) is 32.0 Å². The van der Waals surface area contributed by atoms with Gasteiger partial charge >= 0.3 is 5.69 Å². The summed E-state index contributed by atoms with van der Waals surface area (Å²) in [5, 5.41) is 5.90. The lowest BCUT2D eigenvalue weighted by atomic mass is 10.1. The maximum Gasteiger partial charge on any atom is 0.331 e. The molecule has 0 aliphatic carbocycles. The predicted molar refractivity (Wildman–Crippen MR) is 137 cm³/mol. The molecule has 2 heterocycles. The molecule has 0 atom stereocenters. The molecule has 0 unspecified atom stereocenters. The summed E-state index contributed by atoms with van der Waals surface area (Å²) in [5.41, 5.74) is 2.84. The highest BCUT2D eigenvalue weighted by atomic mass is 16.3. The number of para-hydroxylation sites is 1. The van der Waals surface area contributed by atoms with Gasteiger partial charge in [-0.25, -0.2) is 4.79 Å². The van der Waals surface area contributed by atoms with Gasteiger partial charge < -0.3 is 15.1 Å². The number of carbonyl (C=O) groups excluding carboxylic acids is 2. The molecule has 4 rings (SSSR count). The number of carbonyl (C=O) groups is 2.